The Kier molecular flexibility index (Phi) is 2.37. The van der Waals surface area contributed by atoms with Gasteiger partial charge in [0.1, 0.15) is 0 Å². The van der Waals surface area contributed by atoms with Gasteiger partial charge >= 0.3 is 0 Å². The Morgan fingerprint density at radius 3 is 3.00 bits per heavy atom. The molecule has 0 bridgehead atoms. The summed E-state index contributed by atoms with van der Waals surface area (Å²) in [5.74, 6) is 0. The smallest absolute Gasteiger partial charge is 0.187 e. The lowest BCUT2D eigenvalue weighted by Gasteiger charge is -2.08. The van der Waals surface area contributed by atoms with Crippen molar-refractivity contribution in [3.63, 3.8) is 0 Å². The van der Waals surface area contributed by atoms with Crippen molar-refractivity contribution < 1.29 is 0 Å². The maximum Gasteiger partial charge on any atom is 0.187 e. The number of nitrogens with two attached hydrogens (primary N) is 1. The molecule has 4 heteroatoms. The average molecular weight is 205 g/mol. The number of hydrogen-bond donors (Lipinski definition) is 2. The Labute approximate surface area is 86.6 Å². The van der Waals surface area contributed by atoms with E-state index in [4.69, 9.17) is 5.73 Å². The van der Waals surface area contributed by atoms with Crippen LogP contribution in [0.1, 0.15) is 5.56 Å². The number of nitrogens with one attached hydrogen (secondary N) is 1. The molecule has 0 aliphatic carbocycles. The molecule has 14 heavy (non-hydrogen) atoms. The maximum absolute atomic E-state index is 5.79. The number of nitrogens with zero attached hydrogens (tertiary/aromatic N) is 1. The first-order valence-corrected chi connectivity index (χ1v) is 5.17. The Balaban J connectivity index is 2.29. The van der Waals surface area contributed by atoms with Crippen molar-refractivity contribution in [2.45, 2.75) is 6.92 Å². The van der Waals surface area contributed by atoms with Gasteiger partial charge in [-0.05, 0) is 24.6 Å². The van der Waals surface area contributed by atoms with Crippen LogP contribution < -0.4 is 11.1 Å². The largest absolute Gasteiger partial charge is 0.398 e. The quantitative estimate of drug-likeness (QED) is 0.741. The third kappa shape index (κ3) is 1.70. The fourth-order valence-corrected chi connectivity index (χ4v) is 1.73. The van der Waals surface area contributed by atoms with Crippen LogP contribution in [0.3, 0.4) is 0 Å². The standard InChI is InChI=1S/C10H11N3S/c1-7-8(11)3-2-4-9(7)13-10-12-5-6-14-10/h2-6H,11H2,1H3,(H,12,13). The molecule has 0 atom stereocenters. The third-order valence-electron chi connectivity index (χ3n) is 2.05. The molecule has 2 rings (SSSR count). The molecule has 3 N–H and O–H groups in total. The highest BCUT2D eigenvalue weighted by atomic mass is 32.1. The van der Waals surface area contributed by atoms with Gasteiger partial charge in [0.25, 0.3) is 0 Å². The lowest BCUT2D eigenvalue weighted by molar-refractivity contribution is 1.37. The molecule has 0 aliphatic heterocycles. The van der Waals surface area contributed by atoms with Gasteiger partial charge in [0.2, 0.25) is 0 Å². The SMILES string of the molecule is Cc1c(N)cccc1Nc1nccs1. The molecular formula is C10H11N3S. The summed E-state index contributed by atoms with van der Waals surface area (Å²) in [6, 6.07) is 5.81. The number of rotatable bonds is 2. The summed E-state index contributed by atoms with van der Waals surface area (Å²) in [6.07, 6.45) is 1.77. The van der Waals surface area contributed by atoms with Crippen LogP contribution in [0.5, 0.6) is 0 Å². The minimum absolute atomic E-state index is 0.798. The van der Waals surface area contributed by atoms with Crippen LogP contribution in [-0.4, -0.2) is 4.98 Å². The molecule has 1 aromatic heterocycles. The van der Waals surface area contributed by atoms with Gasteiger partial charge in [-0.2, -0.15) is 0 Å². The third-order valence-corrected chi connectivity index (χ3v) is 2.74. The van der Waals surface area contributed by atoms with Crippen LogP contribution in [0, 0.1) is 6.92 Å². The number of hydrogen-bond acceptors (Lipinski definition) is 4. The lowest BCUT2D eigenvalue weighted by Crippen LogP contribution is -1.96. The van der Waals surface area contributed by atoms with E-state index in [0.717, 1.165) is 22.1 Å². The second-order valence-electron chi connectivity index (χ2n) is 2.98. The first kappa shape index (κ1) is 9.02. The first-order valence-electron chi connectivity index (χ1n) is 4.29. The molecule has 2 aromatic rings. The van der Waals surface area contributed by atoms with Crippen LogP contribution in [0.4, 0.5) is 16.5 Å². The van der Waals surface area contributed by atoms with Gasteiger partial charge in [-0.25, -0.2) is 4.98 Å². The summed E-state index contributed by atoms with van der Waals surface area (Å²) in [5.41, 5.74) is 8.66. The van der Waals surface area contributed by atoms with Crippen LogP contribution in [0.2, 0.25) is 0 Å². The van der Waals surface area contributed by atoms with E-state index in [9.17, 15) is 0 Å². The number of thiazole rings is 1. The molecule has 3 nitrogen and oxygen atoms in total. The van der Waals surface area contributed by atoms with Gasteiger partial charge in [-0.3, -0.25) is 0 Å². The normalized spacial score (nSPS) is 10.1. The molecular weight excluding hydrogens is 194 g/mol. The Hall–Kier alpha value is -1.55. The zero-order valence-corrected chi connectivity index (χ0v) is 8.64. The van der Waals surface area contributed by atoms with Gasteiger partial charge in [0.05, 0.1) is 0 Å². The number of benzene rings is 1. The van der Waals surface area contributed by atoms with Crippen LogP contribution in [0.15, 0.2) is 29.8 Å². The van der Waals surface area contributed by atoms with E-state index in [1.54, 1.807) is 17.5 Å². The highest BCUT2D eigenvalue weighted by Crippen LogP contribution is 2.25. The molecule has 1 heterocycles. The van der Waals surface area contributed by atoms with Gasteiger partial charge in [-0.15, -0.1) is 11.3 Å². The van der Waals surface area contributed by atoms with Crippen molar-refractivity contribution in [1.82, 2.24) is 4.98 Å². The molecule has 0 saturated carbocycles. The summed E-state index contributed by atoms with van der Waals surface area (Å²) in [6.45, 7) is 1.99. The van der Waals surface area contributed by atoms with Crippen molar-refractivity contribution in [2.24, 2.45) is 0 Å². The topological polar surface area (TPSA) is 50.9 Å². The van der Waals surface area contributed by atoms with E-state index in [1.165, 1.54) is 0 Å². The molecule has 0 aliphatic rings. The molecule has 0 saturated heterocycles. The second-order valence-corrected chi connectivity index (χ2v) is 3.88. The minimum atomic E-state index is 0.798. The fourth-order valence-electron chi connectivity index (χ4n) is 1.19. The van der Waals surface area contributed by atoms with Gasteiger partial charge in [-0.1, -0.05) is 6.07 Å². The minimum Gasteiger partial charge on any atom is -0.398 e. The molecule has 0 fully saturated rings. The zero-order chi connectivity index (χ0) is 9.97. The van der Waals surface area contributed by atoms with E-state index in [2.05, 4.69) is 10.3 Å². The first-order chi connectivity index (χ1) is 6.77. The Morgan fingerprint density at radius 1 is 1.43 bits per heavy atom. The van der Waals surface area contributed by atoms with Crippen molar-refractivity contribution >= 4 is 27.8 Å². The predicted octanol–water partition coefficient (Wildman–Crippen LogP) is 2.78. The van der Waals surface area contributed by atoms with Gasteiger partial charge in [0, 0.05) is 23.0 Å². The second kappa shape index (κ2) is 3.67. The van der Waals surface area contributed by atoms with Crippen LogP contribution in [0.25, 0.3) is 0 Å². The summed E-state index contributed by atoms with van der Waals surface area (Å²) >= 11 is 1.57. The maximum atomic E-state index is 5.79. The summed E-state index contributed by atoms with van der Waals surface area (Å²) in [5, 5.41) is 6.04. The van der Waals surface area contributed by atoms with E-state index in [1.807, 2.05) is 30.5 Å². The van der Waals surface area contributed by atoms with E-state index in [-0.39, 0.29) is 0 Å². The van der Waals surface area contributed by atoms with Crippen molar-refractivity contribution in [3.8, 4) is 0 Å². The lowest BCUT2D eigenvalue weighted by atomic mass is 10.1. The Morgan fingerprint density at radius 2 is 2.29 bits per heavy atom. The van der Waals surface area contributed by atoms with Gasteiger partial charge in [0.15, 0.2) is 5.13 Å². The molecule has 72 valence electrons. The van der Waals surface area contributed by atoms with E-state index < -0.39 is 0 Å². The highest BCUT2D eigenvalue weighted by molar-refractivity contribution is 7.13. The monoisotopic (exact) mass is 205 g/mol. The van der Waals surface area contributed by atoms with Crippen molar-refractivity contribution in [1.29, 1.82) is 0 Å². The van der Waals surface area contributed by atoms with Crippen LogP contribution in [-0.2, 0) is 0 Å². The predicted molar refractivity (Wildman–Crippen MR) is 61.0 cm³/mol. The van der Waals surface area contributed by atoms with Crippen molar-refractivity contribution in [2.75, 3.05) is 11.1 Å². The highest BCUT2D eigenvalue weighted by Gasteiger charge is 2.02. The summed E-state index contributed by atoms with van der Waals surface area (Å²) in [4.78, 5) is 4.15. The van der Waals surface area contributed by atoms with E-state index >= 15 is 0 Å². The van der Waals surface area contributed by atoms with Crippen LogP contribution >= 0.6 is 11.3 Å². The number of anilines is 3. The average Bonchev–Trinajstić information content (AvgIpc) is 2.66. The van der Waals surface area contributed by atoms with E-state index in [0.29, 0.717) is 0 Å². The zero-order valence-electron chi connectivity index (χ0n) is 7.82. The van der Waals surface area contributed by atoms with Crippen molar-refractivity contribution in [3.05, 3.63) is 35.3 Å². The summed E-state index contributed by atoms with van der Waals surface area (Å²) < 4.78 is 0. The molecule has 0 unspecified atom stereocenters. The molecule has 0 radical (unpaired) electrons. The van der Waals surface area contributed by atoms with Gasteiger partial charge < -0.3 is 11.1 Å². The summed E-state index contributed by atoms with van der Waals surface area (Å²) in [7, 11) is 0. The number of nitrogen functional groups attached to an aromatic ring is 1. The fraction of sp³-hybridized carbons (Fsp3) is 0.100. The molecule has 0 spiro atoms. The molecule has 0 amide bonds. The molecule has 1 aromatic carbocycles. The Bertz CT molecular complexity index is 423. The number of aromatic nitrogens is 1.